The highest BCUT2D eigenvalue weighted by Crippen LogP contribution is 2.27. The molecule has 100 valence electrons. The van der Waals surface area contributed by atoms with E-state index in [-0.39, 0.29) is 24.5 Å². The fourth-order valence-electron chi connectivity index (χ4n) is 2.55. The molecule has 2 atom stereocenters. The minimum Gasteiger partial charge on any atom is -0.466 e. The molecule has 0 saturated heterocycles. The molecule has 17 heavy (non-hydrogen) atoms. The van der Waals surface area contributed by atoms with Crippen LogP contribution in [0.1, 0.15) is 51.9 Å². The van der Waals surface area contributed by atoms with Crippen LogP contribution in [0.2, 0.25) is 0 Å². The first-order chi connectivity index (χ1) is 8.13. The van der Waals surface area contributed by atoms with Crippen LogP contribution >= 0.6 is 0 Å². The zero-order valence-corrected chi connectivity index (χ0v) is 10.9. The van der Waals surface area contributed by atoms with Gasteiger partial charge in [-0.2, -0.15) is 0 Å². The Morgan fingerprint density at radius 2 is 1.88 bits per heavy atom. The average molecular weight is 242 g/mol. The van der Waals surface area contributed by atoms with Crippen LogP contribution in [-0.4, -0.2) is 24.7 Å². The van der Waals surface area contributed by atoms with E-state index in [1.807, 2.05) is 0 Å². The standard InChI is InChI=1S/C13H26N2O2/c1-2-17-13(16)9-12(15)11(14)8-10-6-4-3-5-7-10/h10-12H,2-9,14-15H2,1H3/t11-,12?/m0/s1. The van der Waals surface area contributed by atoms with E-state index >= 15 is 0 Å². The van der Waals surface area contributed by atoms with Crippen LogP contribution in [0.4, 0.5) is 0 Å². The molecule has 0 aromatic carbocycles. The topological polar surface area (TPSA) is 78.3 Å². The smallest absolute Gasteiger partial charge is 0.307 e. The van der Waals surface area contributed by atoms with E-state index in [0.717, 1.165) is 6.42 Å². The molecule has 1 rings (SSSR count). The van der Waals surface area contributed by atoms with Gasteiger partial charge in [0.15, 0.2) is 0 Å². The van der Waals surface area contributed by atoms with E-state index in [0.29, 0.717) is 12.5 Å². The van der Waals surface area contributed by atoms with Crippen molar-refractivity contribution < 1.29 is 9.53 Å². The fraction of sp³-hybridized carbons (Fsp3) is 0.923. The van der Waals surface area contributed by atoms with Crippen LogP contribution < -0.4 is 11.5 Å². The normalized spacial score (nSPS) is 20.9. The largest absolute Gasteiger partial charge is 0.466 e. The minimum absolute atomic E-state index is 0.0810. The summed E-state index contributed by atoms with van der Waals surface area (Å²) in [5.74, 6) is 0.464. The second-order valence-electron chi connectivity index (χ2n) is 5.08. The number of hydrogen-bond donors (Lipinski definition) is 2. The van der Waals surface area contributed by atoms with Gasteiger partial charge in [0.1, 0.15) is 0 Å². The maximum absolute atomic E-state index is 11.3. The second-order valence-corrected chi connectivity index (χ2v) is 5.08. The predicted octanol–water partition coefficient (Wildman–Crippen LogP) is 1.56. The molecule has 1 saturated carbocycles. The van der Waals surface area contributed by atoms with Crippen LogP contribution in [-0.2, 0) is 9.53 Å². The van der Waals surface area contributed by atoms with Crippen molar-refractivity contribution in [2.75, 3.05) is 6.61 Å². The fourth-order valence-corrected chi connectivity index (χ4v) is 2.55. The van der Waals surface area contributed by atoms with Crippen molar-refractivity contribution in [3.05, 3.63) is 0 Å². The van der Waals surface area contributed by atoms with Gasteiger partial charge in [0, 0.05) is 12.1 Å². The van der Waals surface area contributed by atoms with Crippen LogP contribution in [0.3, 0.4) is 0 Å². The number of ether oxygens (including phenoxy) is 1. The quantitative estimate of drug-likeness (QED) is 0.693. The molecule has 4 N–H and O–H groups in total. The molecule has 1 aliphatic rings. The minimum atomic E-state index is -0.268. The van der Waals surface area contributed by atoms with Gasteiger partial charge in [-0.1, -0.05) is 32.1 Å². The second kappa shape index (κ2) is 7.67. The lowest BCUT2D eigenvalue weighted by Gasteiger charge is -2.27. The summed E-state index contributed by atoms with van der Waals surface area (Å²) in [5.41, 5.74) is 12.0. The molecular weight excluding hydrogens is 216 g/mol. The van der Waals surface area contributed by atoms with E-state index in [1.54, 1.807) is 6.92 Å². The molecular formula is C13H26N2O2. The molecule has 0 spiro atoms. The van der Waals surface area contributed by atoms with Crippen LogP contribution in [0.5, 0.6) is 0 Å². The van der Waals surface area contributed by atoms with Crippen LogP contribution in [0.15, 0.2) is 0 Å². The highest BCUT2D eigenvalue weighted by Gasteiger charge is 2.22. The first kappa shape index (κ1) is 14.5. The summed E-state index contributed by atoms with van der Waals surface area (Å²) < 4.78 is 4.88. The Morgan fingerprint density at radius 1 is 1.24 bits per heavy atom. The van der Waals surface area contributed by atoms with Gasteiger partial charge in [0.2, 0.25) is 0 Å². The molecule has 0 aromatic rings. The summed E-state index contributed by atoms with van der Waals surface area (Å²) >= 11 is 0. The summed E-state index contributed by atoms with van der Waals surface area (Å²) in [6, 6.07) is -0.349. The molecule has 0 heterocycles. The van der Waals surface area contributed by atoms with E-state index in [9.17, 15) is 4.79 Å². The Labute approximate surface area is 104 Å². The number of esters is 1. The summed E-state index contributed by atoms with van der Waals surface area (Å²) in [4.78, 5) is 11.3. The molecule has 0 radical (unpaired) electrons. The third-order valence-corrected chi connectivity index (χ3v) is 3.59. The zero-order valence-electron chi connectivity index (χ0n) is 10.9. The van der Waals surface area contributed by atoms with Gasteiger partial charge < -0.3 is 16.2 Å². The van der Waals surface area contributed by atoms with Crippen molar-refractivity contribution in [1.29, 1.82) is 0 Å². The predicted molar refractivity (Wildman–Crippen MR) is 68.4 cm³/mol. The van der Waals surface area contributed by atoms with Crippen LogP contribution in [0, 0.1) is 5.92 Å². The van der Waals surface area contributed by atoms with Gasteiger partial charge in [-0.25, -0.2) is 0 Å². The highest BCUT2D eigenvalue weighted by molar-refractivity contribution is 5.70. The van der Waals surface area contributed by atoms with Gasteiger partial charge in [-0.3, -0.25) is 4.79 Å². The highest BCUT2D eigenvalue weighted by atomic mass is 16.5. The summed E-state index contributed by atoms with van der Waals surface area (Å²) in [7, 11) is 0. The van der Waals surface area contributed by atoms with Crippen molar-refractivity contribution in [3.63, 3.8) is 0 Å². The molecule has 0 amide bonds. The maximum Gasteiger partial charge on any atom is 0.307 e. The molecule has 1 unspecified atom stereocenters. The van der Waals surface area contributed by atoms with E-state index in [4.69, 9.17) is 16.2 Å². The van der Waals surface area contributed by atoms with Crippen molar-refractivity contribution in [1.82, 2.24) is 0 Å². The monoisotopic (exact) mass is 242 g/mol. The summed E-state index contributed by atoms with van der Waals surface area (Å²) in [6.07, 6.45) is 7.68. The van der Waals surface area contributed by atoms with E-state index in [1.165, 1.54) is 32.1 Å². The van der Waals surface area contributed by atoms with E-state index < -0.39 is 0 Å². The summed E-state index contributed by atoms with van der Waals surface area (Å²) in [6.45, 7) is 2.20. The van der Waals surface area contributed by atoms with E-state index in [2.05, 4.69) is 0 Å². The van der Waals surface area contributed by atoms with Gasteiger partial charge in [0.05, 0.1) is 13.0 Å². The van der Waals surface area contributed by atoms with Crippen molar-refractivity contribution in [2.45, 2.75) is 64.0 Å². The lowest BCUT2D eigenvalue weighted by Crippen LogP contribution is -2.44. The van der Waals surface area contributed by atoms with Gasteiger partial charge in [-0.05, 0) is 19.3 Å². The van der Waals surface area contributed by atoms with Gasteiger partial charge in [-0.15, -0.1) is 0 Å². The first-order valence-corrected chi connectivity index (χ1v) is 6.80. The first-order valence-electron chi connectivity index (χ1n) is 6.80. The average Bonchev–Trinajstić information content (AvgIpc) is 2.30. The molecule has 0 bridgehead atoms. The Kier molecular flexibility index (Phi) is 6.52. The Morgan fingerprint density at radius 3 is 2.47 bits per heavy atom. The molecule has 4 nitrogen and oxygen atoms in total. The van der Waals surface area contributed by atoms with Crippen molar-refractivity contribution in [3.8, 4) is 0 Å². The number of nitrogens with two attached hydrogens (primary N) is 2. The van der Waals surface area contributed by atoms with Crippen molar-refractivity contribution in [2.24, 2.45) is 17.4 Å². The number of rotatable bonds is 6. The lowest BCUT2D eigenvalue weighted by atomic mass is 9.83. The third kappa shape index (κ3) is 5.50. The van der Waals surface area contributed by atoms with Crippen LogP contribution in [0.25, 0.3) is 0 Å². The molecule has 0 aromatic heterocycles. The number of carbonyl (C=O) groups excluding carboxylic acids is 1. The maximum atomic E-state index is 11.3. The lowest BCUT2D eigenvalue weighted by molar-refractivity contribution is -0.143. The third-order valence-electron chi connectivity index (χ3n) is 3.59. The number of hydrogen-bond acceptors (Lipinski definition) is 4. The molecule has 1 fully saturated rings. The zero-order chi connectivity index (χ0) is 12.7. The van der Waals surface area contributed by atoms with Gasteiger partial charge >= 0.3 is 5.97 Å². The summed E-state index contributed by atoms with van der Waals surface area (Å²) in [5, 5.41) is 0. The Balaban J connectivity index is 2.25. The Bertz CT molecular complexity index is 227. The molecule has 4 heteroatoms. The van der Waals surface area contributed by atoms with Gasteiger partial charge in [0.25, 0.3) is 0 Å². The Hall–Kier alpha value is -0.610. The SMILES string of the molecule is CCOC(=O)CC(N)[C@@H](N)CC1CCCCC1. The molecule has 1 aliphatic carbocycles. The number of carbonyl (C=O) groups is 1. The molecule has 0 aliphatic heterocycles. The van der Waals surface area contributed by atoms with Crippen molar-refractivity contribution >= 4 is 5.97 Å².